The summed E-state index contributed by atoms with van der Waals surface area (Å²) in [7, 11) is 2.01. The van der Waals surface area contributed by atoms with Crippen LogP contribution in [0.4, 0.5) is 5.69 Å². The normalized spacial score (nSPS) is 10.3. The Morgan fingerprint density at radius 2 is 1.33 bits per heavy atom. The second-order valence-corrected chi connectivity index (χ2v) is 4.37. The van der Waals surface area contributed by atoms with Gasteiger partial charge in [-0.3, -0.25) is 0 Å². The van der Waals surface area contributed by atoms with Crippen LogP contribution in [0.5, 0.6) is 0 Å². The van der Waals surface area contributed by atoms with Gasteiger partial charge < -0.3 is 5.32 Å². The fourth-order valence-corrected chi connectivity index (χ4v) is 1.84. The predicted octanol–water partition coefficient (Wildman–Crippen LogP) is 3.33. The molecule has 0 bridgehead atoms. The van der Waals surface area contributed by atoms with E-state index in [1.807, 2.05) is 7.05 Å². The predicted molar refractivity (Wildman–Crippen MR) is 71.3 cm³/mol. The molecule has 0 fully saturated rings. The fraction of sp³-hybridized carbons (Fsp3) is 0.538. The van der Waals surface area contributed by atoms with E-state index in [2.05, 4.69) is 51.2 Å². The Bertz CT molecular complexity index is 279. The third-order valence-electron chi connectivity index (χ3n) is 2.62. The van der Waals surface area contributed by atoms with Crippen LogP contribution in [0, 0.1) is 0 Å². The molecular weight excluding hydrogens is 177 g/mol. The van der Waals surface area contributed by atoms with Gasteiger partial charge in [0.25, 0.3) is 0 Å². The SMILES string of the molecule is CNc1c(C(C)C)cccc1C(C)C.[LiH]. The number of hydrogen-bond donors (Lipinski definition) is 1. The van der Waals surface area contributed by atoms with Gasteiger partial charge >= 0.3 is 18.9 Å². The van der Waals surface area contributed by atoms with Crippen LogP contribution in [0.15, 0.2) is 18.2 Å². The van der Waals surface area contributed by atoms with E-state index >= 15 is 0 Å². The standard InChI is InChI=1S/C13H21N.Li.H/c1-9(2)11-7-6-8-12(10(3)4)13(11)14-5;;/h6-10,14H,1-5H3;;. The first-order valence-corrected chi connectivity index (χ1v) is 5.38. The maximum absolute atomic E-state index is 3.33. The summed E-state index contributed by atoms with van der Waals surface area (Å²) in [6, 6.07) is 6.58. The molecule has 80 valence electrons. The Labute approximate surface area is 106 Å². The summed E-state index contributed by atoms with van der Waals surface area (Å²) in [6.45, 7) is 8.95. The zero-order valence-electron chi connectivity index (χ0n) is 9.89. The Kier molecular flexibility index (Phi) is 6.10. The van der Waals surface area contributed by atoms with Crippen molar-refractivity contribution in [3.63, 3.8) is 0 Å². The van der Waals surface area contributed by atoms with Crippen molar-refractivity contribution >= 4 is 24.5 Å². The molecule has 1 nitrogen and oxygen atoms in total. The molecule has 2 heteroatoms. The molecule has 0 aliphatic rings. The molecule has 1 aromatic rings. The summed E-state index contributed by atoms with van der Waals surface area (Å²) in [4.78, 5) is 0. The Balaban J connectivity index is 0.00000196. The summed E-state index contributed by atoms with van der Waals surface area (Å²) >= 11 is 0. The summed E-state index contributed by atoms with van der Waals surface area (Å²) in [5.74, 6) is 1.16. The van der Waals surface area contributed by atoms with E-state index in [0.717, 1.165) is 0 Å². The van der Waals surface area contributed by atoms with Gasteiger partial charge in [0, 0.05) is 12.7 Å². The minimum absolute atomic E-state index is 0. The molecule has 1 aromatic carbocycles. The van der Waals surface area contributed by atoms with Crippen LogP contribution in [0.2, 0.25) is 0 Å². The molecule has 0 saturated carbocycles. The molecule has 0 atom stereocenters. The van der Waals surface area contributed by atoms with Gasteiger partial charge in [0.15, 0.2) is 0 Å². The summed E-state index contributed by atoms with van der Waals surface area (Å²) < 4.78 is 0. The molecule has 1 rings (SSSR count). The third kappa shape index (κ3) is 3.29. The zero-order chi connectivity index (χ0) is 10.7. The van der Waals surface area contributed by atoms with Gasteiger partial charge in [-0.2, -0.15) is 0 Å². The van der Waals surface area contributed by atoms with Crippen LogP contribution in [0.3, 0.4) is 0 Å². The van der Waals surface area contributed by atoms with E-state index in [-0.39, 0.29) is 18.9 Å². The number of hydrogen-bond acceptors (Lipinski definition) is 1. The van der Waals surface area contributed by atoms with Crippen molar-refractivity contribution in [2.45, 2.75) is 39.5 Å². The van der Waals surface area contributed by atoms with Crippen molar-refractivity contribution in [3.8, 4) is 0 Å². The molecule has 0 radical (unpaired) electrons. The van der Waals surface area contributed by atoms with Crippen LogP contribution in [-0.2, 0) is 0 Å². The summed E-state index contributed by atoms with van der Waals surface area (Å²) in [5, 5.41) is 3.33. The molecule has 0 saturated heterocycles. The van der Waals surface area contributed by atoms with E-state index in [1.165, 1.54) is 16.8 Å². The molecule has 0 amide bonds. The number of anilines is 1. The van der Waals surface area contributed by atoms with Crippen LogP contribution in [0.25, 0.3) is 0 Å². The van der Waals surface area contributed by atoms with Gasteiger partial charge in [0.2, 0.25) is 0 Å². The zero-order valence-corrected chi connectivity index (χ0v) is 9.89. The fourth-order valence-electron chi connectivity index (χ4n) is 1.84. The van der Waals surface area contributed by atoms with Gasteiger partial charge in [-0.05, 0) is 23.0 Å². The van der Waals surface area contributed by atoms with E-state index < -0.39 is 0 Å². The molecule has 0 aliphatic heterocycles. The van der Waals surface area contributed by atoms with E-state index in [9.17, 15) is 0 Å². The number of rotatable bonds is 3. The van der Waals surface area contributed by atoms with Gasteiger partial charge in [-0.15, -0.1) is 0 Å². The van der Waals surface area contributed by atoms with Crippen molar-refractivity contribution in [1.29, 1.82) is 0 Å². The molecular formula is C13H22LiN. The number of nitrogens with one attached hydrogen (secondary N) is 1. The average molecular weight is 199 g/mol. The molecule has 0 aliphatic carbocycles. The van der Waals surface area contributed by atoms with E-state index in [4.69, 9.17) is 0 Å². The van der Waals surface area contributed by atoms with Gasteiger partial charge in [0.05, 0.1) is 0 Å². The quantitative estimate of drug-likeness (QED) is 0.736. The van der Waals surface area contributed by atoms with Crippen molar-refractivity contribution in [2.75, 3.05) is 12.4 Å². The Morgan fingerprint density at radius 3 is 1.60 bits per heavy atom. The van der Waals surface area contributed by atoms with Crippen LogP contribution >= 0.6 is 0 Å². The first-order chi connectivity index (χ1) is 6.57. The van der Waals surface area contributed by atoms with Crippen molar-refractivity contribution in [2.24, 2.45) is 0 Å². The molecule has 0 spiro atoms. The first-order valence-electron chi connectivity index (χ1n) is 5.38. The number of para-hydroxylation sites is 1. The van der Waals surface area contributed by atoms with Crippen LogP contribution < -0.4 is 5.32 Å². The summed E-state index contributed by atoms with van der Waals surface area (Å²) in [5.41, 5.74) is 4.15. The Hall–Kier alpha value is -0.383. The average Bonchev–Trinajstić information content (AvgIpc) is 2.16. The molecule has 0 aromatic heterocycles. The van der Waals surface area contributed by atoms with Crippen LogP contribution in [0.1, 0.15) is 50.7 Å². The monoisotopic (exact) mass is 199 g/mol. The van der Waals surface area contributed by atoms with Crippen molar-refractivity contribution in [3.05, 3.63) is 29.3 Å². The van der Waals surface area contributed by atoms with Crippen LogP contribution in [-0.4, -0.2) is 25.9 Å². The van der Waals surface area contributed by atoms with Gasteiger partial charge in [-0.25, -0.2) is 0 Å². The summed E-state index contributed by atoms with van der Waals surface area (Å²) in [6.07, 6.45) is 0. The van der Waals surface area contributed by atoms with Gasteiger partial charge in [0.1, 0.15) is 0 Å². The van der Waals surface area contributed by atoms with Gasteiger partial charge in [-0.1, -0.05) is 45.9 Å². The second-order valence-electron chi connectivity index (χ2n) is 4.37. The van der Waals surface area contributed by atoms with Crippen molar-refractivity contribution < 1.29 is 0 Å². The topological polar surface area (TPSA) is 12.0 Å². The van der Waals surface area contributed by atoms with Crippen molar-refractivity contribution in [1.82, 2.24) is 0 Å². The third-order valence-corrected chi connectivity index (χ3v) is 2.62. The van der Waals surface area contributed by atoms with E-state index in [1.54, 1.807) is 0 Å². The molecule has 0 unspecified atom stereocenters. The Morgan fingerprint density at radius 1 is 0.933 bits per heavy atom. The number of benzene rings is 1. The van der Waals surface area contributed by atoms with E-state index in [0.29, 0.717) is 11.8 Å². The first kappa shape index (κ1) is 14.6. The molecule has 1 N–H and O–H groups in total. The maximum atomic E-state index is 3.33. The minimum atomic E-state index is 0. The second kappa shape index (κ2) is 6.25. The molecule has 15 heavy (non-hydrogen) atoms. The molecule has 0 heterocycles.